The van der Waals surface area contributed by atoms with Crippen LogP contribution < -0.4 is 10.5 Å². The zero-order chi connectivity index (χ0) is 13.0. The number of pyridine rings is 1. The highest BCUT2D eigenvalue weighted by molar-refractivity contribution is 7.99. The third-order valence-corrected chi connectivity index (χ3v) is 3.47. The number of nitrogens with zero attached hydrogens (tertiary/aromatic N) is 1. The van der Waals surface area contributed by atoms with Crippen molar-refractivity contribution < 1.29 is 4.74 Å². The molecule has 1 aromatic heterocycles. The summed E-state index contributed by atoms with van der Waals surface area (Å²) >= 11 is 1.65. The lowest BCUT2D eigenvalue weighted by Gasteiger charge is -2.06. The molecule has 4 heteroatoms. The molecule has 0 fully saturated rings. The molecule has 0 amide bonds. The molecule has 1 atom stereocenters. The van der Waals surface area contributed by atoms with E-state index in [1.807, 2.05) is 49.5 Å². The molecular weight excluding hydrogens is 244 g/mol. The second kappa shape index (κ2) is 5.89. The van der Waals surface area contributed by atoms with E-state index in [4.69, 9.17) is 10.5 Å². The van der Waals surface area contributed by atoms with Crippen LogP contribution in [0.2, 0.25) is 0 Å². The maximum absolute atomic E-state index is 5.77. The number of benzene rings is 1. The summed E-state index contributed by atoms with van der Waals surface area (Å²) in [6.07, 6.45) is 1.85. The van der Waals surface area contributed by atoms with E-state index < -0.39 is 0 Å². The fourth-order valence-electron chi connectivity index (χ4n) is 1.52. The van der Waals surface area contributed by atoms with Crippen molar-refractivity contribution in [2.45, 2.75) is 22.8 Å². The Bertz CT molecular complexity index is 511. The fraction of sp³-hybridized carbons (Fsp3) is 0.214. The largest absolute Gasteiger partial charge is 0.497 e. The summed E-state index contributed by atoms with van der Waals surface area (Å²) in [5.41, 5.74) is 6.68. The summed E-state index contributed by atoms with van der Waals surface area (Å²) in [5, 5.41) is 0. The number of nitrogens with two attached hydrogens (primary N) is 1. The average Bonchev–Trinajstić information content (AvgIpc) is 2.39. The molecule has 0 saturated heterocycles. The zero-order valence-corrected chi connectivity index (χ0v) is 11.3. The van der Waals surface area contributed by atoms with Crippen LogP contribution >= 0.6 is 11.8 Å². The molecule has 0 spiro atoms. The van der Waals surface area contributed by atoms with Crippen LogP contribution in [0.5, 0.6) is 5.75 Å². The van der Waals surface area contributed by atoms with Crippen LogP contribution in [-0.2, 0) is 0 Å². The van der Waals surface area contributed by atoms with Crippen LogP contribution in [0.4, 0.5) is 0 Å². The molecule has 94 valence electrons. The van der Waals surface area contributed by atoms with Gasteiger partial charge in [0.2, 0.25) is 0 Å². The summed E-state index contributed by atoms with van der Waals surface area (Å²) in [4.78, 5) is 6.56. The minimum Gasteiger partial charge on any atom is -0.497 e. The molecule has 2 rings (SSSR count). The number of hydrogen-bond acceptors (Lipinski definition) is 4. The maximum atomic E-state index is 5.77. The Morgan fingerprint density at radius 2 is 2.06 bits per heavy atom. The van der Waals surface area contributed by atoms with Gasteiger partial charge in [-0.25, -0.2) is 0 Å². The highest BCUT2D eigenvalue weighted by Gasteiger charge is 2.03. The Balaban J connectivity index is 2.13. The molecule has 1 aromatic carbocycles. The molecular formula is C14H16N2OS. The molecule has 0 aliphatic carbocycles. The van der Waals surface area contributed by atoms with Gasteiger partial charge in [-0.15, -0.1) is 0 Å². The number of ether oxygens (including phenoxy) is 1. The van der Waals surface area contributed by atoms with E-state index in [0.29, 0.717) is 0 Å². The summed E-state index contributed by atoms with van der Waals surface area (Å²) in [6, 6.07) is 11.9. The van der Waals surface area contributed by atoms with E-state index in [1.54, 1.807) is 18.9 Å². The molecule has 3 nitrogen and oxygen atoms in total. The van der Waals surface area contributed by atoms with Gasteiger partial charge in [-0.2, -0.15) is 0 Å². The first-order valence-corrected chi connectivity index (χ1v) is 6.54. The van der Waals surface area contributed by atoms with Crippen LogP contribution in [0, 0.1) is 0 Å². The predicted octanol–water partition coefficient (Wildman–Crippen LogP) is 3.26. The second-order valence-corrected chi connectivity index (χ2v) is 5.14. The van der Waals surface area contributed by atoms with Crippen molar-refractivity contribution >= 4 is 11.8 Å². The SMILES string of the molecule is COc1cccc(Sc2ccc([C@H](C)N)nc2)c1. The van der Waals surface area contributed by atoms with Gasteiger partial charge >= 0.3 is 0 Å². The minimum atomic E-state index is -0.0270. The summed E-state index contributed by atoms with van der Waals surface area (Å²) in [7, 11) is 1.67. The molecule has 0 unspecified atom stereocenters. The minimum absolute atomic E-state index is 0.0270. The van der Waals surface area contributed by atoms with Gasteiger partial charge in [-0.05, 0) is 37.3 Å². The number of hydrogen-bond donors (Lipinski definition) is 1. The molecule has 0 aliphatic heterocycles. The molecule has 1 heterocycles. The van der Waals surface area contributed by atoms with Crippen molar-refractivity contribution in [3.63, 3.8) is 0 Å². The Kier molecular flexibility index (Phi) is 4.23. The fourth-order valence-corrected chi connectivity index (χ4v) is 2.36. The number of rotatable bonds is 4. The topological polar surface area (TPSA) is 48.1 Å². The van der Waals surface area contributed by atoms with Crippen molar-refractivity contribution in [3.8, 4) is 5.75 Å². The monoisotopic (exact) mass is 260 g/mol. The Labute approximate surface area is 111 Å². The maximum Gasteiger partial charge on any atom is 0.119 e. The van der Waals surface area contributed by atoms with Gasteiger partial charge in [-0.1, -0.05) is 17.8 Å². The van der Waals surface area contributed by atoms with Crippen molar-refractivity contribution in [1.82, 2.24) is 4.98 Å². The van der Waals surface area contributed by atoms with E-state index >= 15 is 0 Å². The summed E-state index contributed by atoms with van der Waals surface area (Å²) in [6.45, 7) is 1.93. The first-order chi connectivity index (χ1) is 8.69. The normalized spacial score (nSPS) is 12.2. The van der Waals surface area contributed by atoms with Crippen LogP contribution in [0.25, 0.3) is 0 Å². The molecule has 0 saturated carbocycles. The quantitative estimate of drug-likeness (QED) is 0.916. The molecule has 2 aromatic rings. The van der Waals surface area contributed by atoms with Gasteiger partial charge in [0.15, 0.2) is 0 Å². The second-order valence-electron chi connectivity index (χ2n) is 3.99. The third kappa shape index (κ3) is 3.24. The first-order valence-electron chi connectivity index (χ1n) is 5.72. The Hall–Kier alpha value is -1.52. The van der Waals surface area contributed by atoms with Crippen LogP contribution in [-0.4, -0.2) is 12.1 Å². The molecule has 2 N–H and O–H groups in total. The van der Waals surface area contributed by atoms with Crippen molar-refractivity contribution in [2.75, 3.05) is 7.11 Å². The molecule has 0 aliphatic rings. The molecule has 0 bridgehead atoms. The zero-order valence-electron chi connectivity index (χ0n) is 10.5. The highest BCUT2D eigenvalue weighted by Crippen LogP contribution is 2.29. The molecule has 0 radical (unpaired) electrons. The van der Waals surface area contributed by atoms with E-state index in [-0.39, 0.29) is 6.04 Å². The van der Waals surface area contributed by atoms with E-state index in [2.05, 4.69) is 4.98 Å². The van der Waals surface area contributed by atoms with E-state index in [1.165, 1.54) is 0 Å². The average molecular weight is 260 g/mol. The lowest BCUT2D eigenvalue weighted by atomic mass is 10.2. The van der Waals surface area contributed by atoms with Gasteiger partial charge in [-0.3, -0.25) is 4.98 Å². The standard InChI is InChI=1S/C14H16N2OS/c1-10(15)14-7-6-13(9-16-14)18-12-5-3-4-11(8-12)17-2/h3-10H,15H2,1-2H3/t10-/m0/s1. The van der Waals surface area contributed by atoms with Crippen molar-refractivity contribution in [1.29, 1.82) is 0 Å². The van der Waals surface area contributed by atoms with Crippen molar-refractivity contribution in [3.05, 3.63) is 48.3 Å². The smallest absolute Gasteiger partial charge is 0.119 e. The van der Waals surface area contributed by atoms with Crippen LogP contribution in [0.1, 0.15) is 18.7 Å². The van der Waals surface area contributed by atoms with Crippen LogP contribution in [0.3, 0.4) is 0 Å². The van der Waals surface area contributed by atoms with Gasteiger partial charge in [0, 0.05) is 22.0 Å². The Morgan fingerprint density at radius 1 is 1.22 bits per heavy atom. The van der Waals surface area contributed by atoms with Gasteiger partial charge in [0.25, 0.3) is 0 Å². The van der Waals surface area contributed by atoms with Gasteiger partial charge in [0.1, 0.15) is 5.75 Å². The molecule has 18 heavy (non-hydrogen) atoms. The Morgan fingerprint density at radius 3 is 2.67 bits per heavy atom. The van der Waals surface area contributed by atoms with E-state index in [9.17, 15) is 0 Å². The van der Waals surface area contributed by atoms with Gasteiger partial charge in [0.05, 0.1) is 12.8 Å². The van der Waals surface area contributed by atoms with Crippen LogP contribution in [0.15, 0.2) is 52.4 Å². The lowest BCUT2D eigenvalue weighted by molar-refractivity contribution is 0.413. The third-order valence-electron chi connectivity index (χ3n) is 2.50. The van der Waals surface area contributed by atoms with E-state index in [0.717, 1.165) is 21.2 Å². The highest BCUT2D eigenvalue weighted by atomic mass is 32.2. The number of aromatic nitrogens is 1. The van der Waals surface area contributed by atoms with Crippen molar-refractivity contribution in [2.24, 2.45) is 5.73 Å². The lowest BCUT2D eigenvalue weighted by Crippen LogP contribution is -2.06. The predicted molar refractivity (Wildman–Crippen MR) is 74.0 cm³/mol. The van der Waals surface area contributed by atoms with Gasteiger partial charge < -0.3 is 10.5 Å². The summed E-state index contributed by atoms with van der Waals surface area (Å²) < 4.78 is 5.20. The summed E-state index contributed by atoms with van der Waals surface area (Å²) in [5.74, 6) is 0.861. The first kappa shape index (κ1) is 12.9. The number of methoxy groups -OCH3 is 1.